The fourth-order valence-electron chi connectivity index (χ4n) is 3.93. The maximum Gasteiger partial charge on any atom is 0.422 e. The van der Waals surface area contributed by atoms with E-state index >= 15 is 0 Å². The van der Waals surface area contributed by atoms with Crippen LogP contribution < -0.4 is 10.5 Å². The molecule has 2 atom stereocenters. The van der Waals surface area contributed by atoms with E-state index in [1.54, 1.807) is 0 Å². The Morgan fingerprint density at radius 2 is 1.84 bits per heavy atom. The van der Waals surface area contributed by atoms with E-state index in [4.69, 9.17) is 37.5 Å². The van der Waals surface area contributed by atoms with Crippen molar-refractivity contribution in [3.05, 3.63) is 85.9 Å². The SMILES string of the molecule is C[C@H](c1ccc(Oc2ccc(C(=O)O)c(Cl)n2)cc1Cl)[C@@](O)(c1ccc2oc(=O)n(C)c2c1)C(F)(F)F. The van der Waals surface area contributed by atoms with Gasteiger partial charge >= 0.3 is 17.9 Å². The molecule has 4 aromatic rings. The standard InChI is InChI=1S/C24H17Cl2F3N2O6/c1-11(23(35,24(27,28)29)12-3-7-18-17(9-12)31(2)22(34)37-18)14-5-4-13(10-16(14)25)36-19-8-6-15(21(32)33)20(26)30-19/h3-11,35H,1-2H3,(H,32,33)/t11-,23-/m1/s1. The lowest BCUT2D eigenvalue weighted by Gasteiger charge is -2.37. The average molecular weight is 557 g/mol. The number of aliphatic hydroxyl groups is 1. The molecule has 2 aromatic carbocycles. The van der Waals surface area contributed by atoms with Gasteiger partial charge in [0, 0.05) is 24.1 Å². The maximum atomic E-state index is 14.4. The predicted octanol–water partition coefficient (Wildman–Crippen LogP) is 5.88. The number of hydrogen-bond acceptors (Lipinski definition) is 6. The van der Waals surface area contributed by atoms with Crippen LogP contribution in [-0.2, 0) is 12.6 Å². The number of aryl methyl sites for hydroxylation is 1. The second-order valence-electron chi connectivity index (χ2n) is 8.17. The molecule has 0 saturated carbocycles. The fraction of sp³-hybridized carbons (Fsp3) is 0.208. The van der Waals surface area contributed by atoms with Gasteiger partial charge in [0.1, 0.15) is 10.9 Å². The maximum absolute atomic E-state index is 14.4. The highest BCUT2D eigenvalue weighted by molar-refractivity contribution is 6.32. The lowest BCUT2D eigenvalue weighted by Crippen LogP contribution is -2.46. The van der Waals surface area contributed by atoms with Crippen LogP contribution in [-0.4, -0.2) is 31.9 Å². The summed E-state index contributed by atoms with van der Waals surface area (Å²) in [6.07, 6.45) is -5.13. The van der Waals surface area contributed by atoms with Gasteiger partial charge < -0.3 is 19.4 Å². The van der Waals surface area contributed by atoms with Crippen molar-refractivity contribution in [2.75, 3.05) is 0 Å². The number of carboxylic acids is 1. The van der Waals surface area contributed by atoms with Crippen LogP contribution in [0.3, 0.4) is 0 Å². The summed E-state index contributed by atoms with van der Waals surface area (Å²) >= 11 is 12.1. The van der Waals surface area contributed by atoms with E-state index in [0.29, 0.717) is 0 Å². The van der Waals surface area contributed by atoms with Crippen LogP contribution in [0, 0.1) is 0 Å². The molecule has 0 aliphatic rings. The molecule has 0 aliphatic carbocycles. The number of halogens is 5. The van der Waals surface area contributed by atoms with Gasteiger partial charge in [-0.15, -0.1) is 0 Å². The van der Waals surface area contributed by atoms with Crippen molar-refractivity contribution in [3.8, 4) is 11.6 Å². The summed E-state index contributed by atoms with van der Waals surface area (Å²) in [4.78, 5) is 26.7. The Hall–Kier alpha value is -3.54. The van der Waals surface area contributed by atoms with Crippen LogP contribution in [0.2, 0.25) is 10.2 Å². The van der Waals surface area contributed by atoms with Gasteiger partial charge in [0.25, 0.3) is 0 Å². The van der Waals surface area contributed by atoms with Crippen molar-refractivity contribution in [3.63, 3.8) is 0 Å². The zero-order valence-electron chi connectivity index (χ0n) is 19.0. The number of benzene rings is 2. The van der Waals surface area contributed by atoms with Gasteiger partial charge in [0.2, 0.25) is 5.88 Å². The number of nitrogens with zero attached hydrogens (tertiary/aromatic N) is 2. The van der Waals surface area contributed by atoms with Gasteiger partial charge in [-0.05, 0) is 41.5 Å². The van der Waals surface area contributed by atoms with Crippen LogP contribution >= 0.6 is 23.2 Å². The Balaban J connectivity index is 1.71. The Kier molecular flexibility index (Phi) is 6.74. The average Bonchev–Trinajstić information content (AvgIpc) is 3.10. The second-order valence-corrected chi connectivity index (χ2v) is 8.94. The largest absolute Gasteiger partial charge is 0.478 e. The number of hydrogen-bond donors (Lipinski definition) is 2. The molecule has 0 saturated heterocycles. The van der Waals surface area contributed by atoms with E-state index in [-0.39, 0.29) is 44.0 Å². The number of aromatic nitrogens is 2. The van der Waals surface area contributed by atoms with Gasteiger partial charge in [-0.1, -0.05) is 42.3 Å². The third-order valence-corrected chi connectivity index (χ3v) is 6.62. The Morgan fingerprint density at radius 1 is 1.14 bits per heavy atom. The molecule has 0 fully saturated rings. The fourth-order valence-corrected chi connectivity index (χ4v) is 4.49. The summed E-state index contributed by atoms with van der Waals surface area (Å²) in [6.45, 7) is 1.17. The second kappa shape index (κ2) is 9.40. The third kappa shape index (κ3) is 4.65. The van der Waals surface area contributed by atoms with Gasteiger partial charge in [0.05, 0.1) is 11.1 Å². The molecular formula is C24H17Cl2F3N2O6. The van der Waals surface area contributed by atoms with E-state index in [9.17, 15) is 27.9 Å². The highest BCUT2D eigenvalue weighted by Gasteiger charge is 2.59. The topological polar surface area (TPSA) is 115 Å². The first-order valence-corrected chi connectivity index (χ1v) is 11.3. The predicted molar refractivity (Wildman–Crippen MR) is 128 cm³/mol. The lowest BCUT2D eigenvalue weighted by atomic mass is 9.77. The zero-order chi connectivity index (χ0) is 27.3. The van der Waals surface area contributed by atoms with Crippen molar-refractivity contribution in [1.82, 2.24) is 9.55 Å². The summed E-state index contributed by atoms with van der Waals surface area (Å²) < 4.78 is 54.7. The Morgan fingerprint density at radius 3 is 2.43 bits per heavy atom. The quantitative estimate of drug-likeness (QED) is 0.285. The molecule has 0 radical (unpaired) electrons. The highest BCUT2D eigenvalue weighted by atomic mass is 35.5. The molecule has 2 heterocycles. The molecule has 8 nitrogen and oxygen atoms in total. The summed E-state index contributed by atoms with van der Waals surface area (Å²) in [5.41, 5.74) is -4.03. The number of carbonyl (C=O) groups is 1. The molecule has 0 bridgehead atoms. The van der Waals surface area contributed by atoms with Crippen molar-refractivity contribution in [2.24, 2.45) is 7.05 Å². The molecule has 0 unspecified atom stereocenters. The molecular weight excluding hydrogens is 540 g/mol. The number of alkyl halides is 3. The summed E-state index contributed by atoms with van der Waals surface area (Å²) in [7, 11) is 1.33. The summed E-state index contributed by atoms with van der Waals surface area (Å²) in [5.74, 6) is -3.63. The number of ether oxygens (including phenoxy) is 1. The summed E-state index contributed by atoms with van der Waals surface area (Å²) in [6, 6.07) is 9.51. The van der Waals surface area contributed by atoms with Gasteiger partial charge in [-0.25, -0.2) is 14.6 Å². The molecule has 13 heteroatoms. The minimum Gasteiger partial charge on any atom is -0.478 e. The number of fused-ring (bicyclic) bond motifs is 1. The van der Waals surface area contributed by atoms with Crippen LogP contribution in [0.25, 0.3) is 11.1 Å². The molecule has 2 N–H and O–H groups in total. The first-order chi connectivity index (χ1) is 17.2. The van der Waals surface area contributed by atoms with Crippen molar-refractivity contribution in [2.45, 2.75) is 24.6 Å². The first kappa shape index (κ1) is 26.5. The number of pyridine rings is 1. The molecule has 37 heavy (non-hydrogen) atoms. The molecule has 4 rings (SSSR count). The van der Waals surface area contributed by atoms with Crippen LogP contribution in [0.1, 0.15) is 34.3 Å². The van der Waals surface area contributed by atoms with Crippen LogP contribution in [0.5, 0.6) is 11.6 Å². The molecule has 0 amide bonds. The molecule has 2 aromatic heterocycles. The van der Waals surface area contributed by atoms with E-state index in [1.165, 1.54) is 50.4 Å². The van der Waals surface area contributed by atoms with E-state index in [2.05, 4.69) is 4.98 Å². The van der Waals surface area contributed by atoms with Gasteiger partial charge in [-0.3, -0.25) is 4.57 Å². The first-order valence-electron chi connectivity index (χ1n) is 10.5. The Labute approximate surface area is 216 Å². The Bertz CT molecular complexity index is 1580. The van der Waals surface area contributed by atoms with E-state index in [1.807, 2.05) is 0 Å². The number of aromatic carboxylic acids is 1. The van der Waals surface area contributed by atoms with Gasteiger partial charge in [0.15, 0.2) is 11.2 Å². The van der Waals surface area contributed by atoms with Crippen molar-refractivity contribution in [1.29, 1.82) is 0 Å². The summed E-state index contributed by atoms with van der Waals surface area (Å²) in [5, 5.41) is 19.7. The molecule has 0 aliphatic heterocycles. The van der Waals surface area contributed by atoms with Crippen molar-refractivity contribution >= 4 is 40.3 Å². The van der Waals surface area contributed by atoms with Gasteiger partial charge in [-0.2, -0.15) is 13.2 Å². The normalized spacial score (nSPS) is 14.4. The zero-order valence-corrected chi connectivity index (χ0v) is 20.5. The molecule has 0 spiro atoms. The van der Waals surface area contributed by atoms with Crippen molar-refractivity contribution < 1.29 is 37.3 Å². The van der Waals surface area contributed by atoms with Crippen LogP contribution in [0.15, 0.2) is 57.7 Å². The number of rotatable bonds is 6. The lowest BCUT2D eigenvalue weighted by molar-refractivity contribution is -0.274. The third-order valence-electron chi connectivity index (χ3n) is 6.00. The number of carboxylic acid groups (broad SMARTS) is 1. The smallest absolute Gasteiger partial charge is 0.422 e. The van der Waals surface area contributed by atoms with E-state index in [0.717, 1.165) is 16.7 Å². The minimum atomic E-state index is -5.13. The molecule has 194 valence electrons. The highest BCUT2D eigenvalue weighted by Crippen LogP contribution is 2.50. The minimum absolute atomic E-state index is 0.0396. The monoisotopic (exact) mass is 556 g/mol. The number of oxazole rings is 1. The van der Waals surface area contributed by atoms with Crippen LogP contribution in [0.4, 0.5) is 13.2 Å². The van der Waals surface area contributed by atoms with E-state index < -0.39 is 35.0 Å².